The van der Waals surface area contributed by atoms with Crippen molar-refractivity contribution in [3.63, 3.8) is 0 Å². The number of amides is 2. The van der Waals surface area contributed by atoms with E-state index in [9.17, 15) is 19.5 Å². The second-order valence-electron chi connectivity index (χ2n) is 6.06. The predicted molar refractivity (Wildman–Crippen MR) is 89.4 cm³/mol. The van der Waals surface area contributed by atoms with Crippen LogP contribution in [0.25, 0.3) is 0 Å². The molecule has 0 spiro atoms. The molecule has 1 aliphatic carbocycles. The average molecular weight is 342 g/mol. The van der Waals surface area contributed by atoms with E-state index < -0.39 is 23.3 Å². The quantitative estimate of drug-likeness (QED) is 0.774. The Kier molecular flexibility index (Phi) is 4.56. The summed E-state index contributed by atoms with van der Waals surface area (Å²) in [5, 5.41) is 14.7. The number of carbonyl (C=O) groups excluding carboxylic acids is 2. The van der Waals surface area contributed by atoms with Gasteiger partial charge in [0.1, 0.15) is 5.54 Å². The van der Waals surface area contributed by atoms with Crippen molar-refractivity contribution in [2.24, 2.45) is 0 Å². The number of carboxylic acids is 1. The average Bonchev–Trinajstić information content (AvgIpc) is 3.27. The molecule has 0 bridgehead atoms. The van der Waals surface area contributed by atoms with Crippen LogP contribution in [-0.4, -0.2) is 28.4 Å². The number of rotatable bonds is 5. The molecule has 7 heteroatoms. The highest BCUT2D eigenvalue weighted by molar-refractivity contribution is 6.03. The molecule has 0 saturated heterocycles. The number of nitrogens with one attached hydrogen (secondary N) is 2. The number of carbonyl (C=O) groups is 3. The molecule has 1 aromatic carbocycles. The topological polar surface area (TPSA) is 109 Å². The SMILES string of the molecule is O=C(NC1(C(=O)O)CCCC1)c1cccc(NC(=O)c2ccco2)c1. The molecule has 0 aliphatic heterocycles. The van der Waals surface area contributed by atoms with Gasteiger partial charge in [0.2, 0.25) is 0 Å². The van der Waals surface area contributed by atoms with Crippen molar-refractivity contribution >= 4 is 23.5 Å². The molecule has 1 heterocycles. The Morgan fingerprint density at radius 1 is 1.04 bits per heavy atom. The summed E-state index contributed by atoms with van der Waals surface area (Å²) in [7, 11) is 0. The van der Waals surface area contributed by atoms with Crippen molar-refractivity contribution in [2.75, 3.05) is 5.32 Å². The van der Waals surface area contributed by atoms with Crippen LogP contribution in [0.5, 0.6) is 0 Å². The number of hydrogen-bond donors (Lipinski definition) is 3. The summed E-state index contributed by atoms with van der Waals surface area (Å²) < 4.78 is 5.02. The molecule has 3 rings (SSSR count). The standard InChI is InChI=1S/C18H18N2O5/c21-15(20-18(17(23)24)8-1-2-9-18)12-5-3-6-13(11-12)19-16(22)14-7-4-10-25-14/h3-7,10-11H,1-2,8-9H2,(H,19,22)(H,20,21)(H,23,24). The van der Waals surface area contributed by atoms with E-state index >= 15 is 0 Å². The maximum Gasteiger partial charge on any atom is 0.329 e. The predicted octanol–water partition coefficient (Wildman–Crippen LogP) is 2.66. The van der Waals surface area contributed by atoms with Gasteiger partial charge in [-0.3, -0.25) is 9.59 Å². The van der Waals surface area contributed by atoms with E-state index in [1.54, 1.807) is 24.3 Å². The molecule has 1 aliphatic rings. The Morgan fingerprint density at radius 3 is 2.44 bits per heavy atom. The van der Waals surface area contributed by atoms with E-state index in [1.165, 1.54) is 18.4 Å². The minimum absolute atomic E-state index is 0.158. The Bertz CT molecular complexity index is 792. The van der Waals surface area contributed by atoms with Gasteiger partial charge in [-0.2, -0.15) is 0 Å². The maximum atomic E-state index is 12.5. The normalized spacial score (nSPS) is 15.5. The zero-order valence-electron chi connectivity index (χ0n) is 13.5. The maximum absolute atomic E-state index is 12.5. The monoisotopic (exact) mass is 342 g/mol. The van der Waals surface area contributed by atoms with Gasteiger partial charge in [0, 0.05) is 11.3 Å². The first-order valence-corrected chi connectivity index (χ1v) is 8.01. The van der Waals surface area contributed by atoms with Crippen LogP contribution < -0.4 is 10.6 Å². The molecular weight excluding hydrogens is 324 g/mol. The van der Waals surface area contributed by atoms with E-state index in [0.29, 0.717) is 18.5 Å². The van der Waals surface area contributed by atoms with Crippen molar-refractivity contribution in [3.05, 3.63) is 54.0 Å². The molecule has 1 saturated carbocycles. The lowest BCUT2D eigenvalue weighted by Crippen LogP contribution is -2.52. The molecule has 0 unspecified atom stereocenters. The highest BCUT2D eigenvalue weighted by Gasteiger charge is 2.42. The van der Waals surface area contributed by atoms with Crippen molar-refractivity contribution in [1.29, 1.82) is 0 Å². The molecule has 25 heavy (non-hydrogen) atoms. The summed E-state index contributed by atoms with van der Waals surface area (Å²) >= 11 is 0. The second kappa shape index (κ2) is 6.80. The summed E-state index contributed by atoms with van der Waals surface area (Å²) in [4.78, 5) is 36.0. The van der Waals surface area contributed by atoms with E-state index in [4.69, 9.17) is 4.42 Å². The van der Waals surface area contributed by atoms with Crippen LogP contribution in [0.1, 0.15) is 46.6 Å². The molecule has 1 aromatic heterocycles. The van der Waals surface area contributed by atoms with Gasteiger partial charge in [0.25, 0.3) is 11.8 Å². The van der Waals surface area contributed by atoms with Crippen molar-refractivity contribution in [3.8, 4) is 0 Å². The van der Waals surface area contributed by atoms with Gasteiger partial charge in [-0.05, 0) is 43.2 Å². The third-order valence-electron chi connectivity index (χ3n) is 4.35. The molecular formula is C18H18N2O5. The van der Waals surface area contributed by atoms with Crippen LogP contribution >= 0.6 is 0 Å². The van der Waals surface area contributed by atoms with Crippen molar-refractivity contribution in [2.45, 2.75) is 31.2 Å². The Balaban J connectivity index is 1.73. The molecule has 130 valence electrons. The van der Waals surface area contributed by atoms with Gasteiger partial charge in [-0.15, -0.1) is 0 Å². The van der Waals surface area contributed by atoms with Crippen LogP contribution in [-0.2, 0) is 4.79 Å². The fraction of sp³-hybridized carbons (Fsp3) is 0.278. The van der Waals surface area contributed by atoms with Crippen LogP contribution in [0.3, 0.4) is 0 Å². The van der Waals surface area contributed by atoms with Crippen LogP contribution in [0.2, 0.25) is 0 Å². The first-order chi connectivity index (χ1) is 12.0. The fourth-order valence-corrected chi connectivity index (χ4v) is 3.00. The van der Waals surface area contributed by atoms with Gasteiger partial charge in [-0.1, -0.05) is 18.9 Å². The van der Waals surface area contributed by atoms with Crippen LogP contribution in [0, 0.1) is 0 Å². The number of benzene rings is 1. The molecule has 2 aromatic rings. The van der Waals surface area contributed by atoms with Gasteiger partial charge in [0.15, 0.2) is 5.76 Å². The van der Waals surface area contributed by atoms with Crippen LogP contribution in [0.15, 0.2) is 47.1 Å². The first-order valence-electron chi connectivity index (χ1n) is 8.01. The molecule has 0 atom stereocenters. The molecule has 0 radical (unpaired) electrons. The fourth-order valence-electron chi connectivity index (χ4n) is 3.00. The minimum Gasteiger partial charge on any atom is -0.480 e. The van der Waals surface area contributed by atoms with E-state index in [-0.39, 0.29) is 11.3 Å². The zero-order chi connectivity index (χ0) is 17.9. The summed E-state index contributed by atoms with van der Waals surface area (Å²) in [5.41, 5.74) is -0.501. The second-order valence-corrected chi connectivity index (χ2v) is 6.06. The number of hydrogen-bond acceptors (Lipinski definition) is 4. The summed E-state index contributed by atoms with van der Waals surface area (Å²) in [5.74, 6) is -1.76. The zero-order valence-corrected chi connectivity index (χ0v) is 13.5. The van der Waals surface area contributed by atoms with E-state index in [2.05, 4.69) is 10.6 Å². The highest BCUT2D eigenvalue weighted by Crippen LogP contribution is 2.30. The van der Waals surface area contributed by atoms with Gasteiger partial charge in [0.05, 0.1) is 6.26 Å². The van der Waals surface area contributed by atoms with Crippen molar-refractivity contribution in [1.82, 2.24) is 5.32 Å². The number of aliphatic carboxylic acids is 1. The molecule has 2 amide bonds. The Labute approximate surface area is 144 Å². The third kappa shape index (κ3) is 3.55. The highest BCUT2D eigenvalue weighted by atomic mass is 16.4. The summed E-state index contributed by atoms with van der Waals surface area (Å²) in [6.45, 7) is 0. The number of anilines is 1. The Morgan fingerprint density at radius 2 is 1.80 bits per heavy atom. The molecule has 1 fully saturated rings. The third-order valence-corrected chi connectivity index (χ3v) is 4.35. The first kappa shape index (κ1) is 16.8. The molecule has 7 nitrogen and oxygen atoms in total. The minimum atomic E-state index is -1.20. The summed E-state index contributed by atoms with van der Waals surface area (Å²) in [6.07, 6.45) is 3.77. The van der Waals surface area contributed by atoms with Gasteiger partial charge >= 0.3 is 5.97 Å². The lowest BCUT2D eigenvalue weighted by Gasteiger charge is -2.25. The number of carboxylic acid groups (broad SMARTS) is 1. The van der Waals surface area contributed by atoms with Gasteiger partial charge < -0.3 is 20.2 Å². The van der Waals surface area contributed by atoms with E-state index in [0.717, 1.165) is 12.8 Å². The lowest BCUT2D eigenvalue weighted by molar-refractivity contribution is -0.144. The summed E-state index contributed by atoms with van der Waals surface area (Å²) in [6, 6.07) is 9.46. The lowest BCUT2D eigenvalue weighted by atomic mass is 9.97. The largest absolute Gasteiger partial charge is 0.480 e. The van der Waals surface area contributed by atoms with Crippen LogP contribution in [0.4, 0.5) is 5.69 Å². The van der Waals surface area contributed by atoms with E-state index in [1.807, 2.05) is 0 Å². The smallest absolute Gasteiger partial charge is 0.329 e. The van der Waals surface area contributed by atoms with Gasteiger partial charge in [-0.25, -0.2) is 4.79 Å². The number of furan rings is 1. The molecule has 3 N–H and O–H groups in total. The van der Waals surface area contributed by atoms with Crippen molar-refractivity contribution < 1.29 is 23.9 Å². The Hall–Kier alpha value is -3.09.